The Bertz CT molecular complexity index is 1380. The number of imidazole rings is 1. The smallest absolute Gasteiger partial charge is 0.319 e. The van der Waals surface area contributed by atoms with Crippen LogP contribution in [0.2, 0.25) is 0 Å². The molecule has 4 aromatic rings. The Labute approximate surface area is 211 Å². The van der Waals surface area contributed by atoms with Crippen LogP contribution in [0.15, 0.2) is 42.7 Å². The molecule has 5 rings (SSSR count). The zero-order valence-electron chi connectivity index (χ0n) is 20.0. The van der Waals surface area contributed by atoms with Crippen molar-refractivity contribution in [2.45, 2.75) is 25.4 Å². The molecule has 3 heterocycles. The van der Waals surface area contributed by atoms with Crippen molar-refractivity contribution in [2.24, 2.45) is 7.05 Å². The van der Waals surface area contributed by atoms with Crippen LogP contribution in [-0.2, 0) is 18.3 Å². The van der Waals surface area contributed by atoms with Crippen LogP contribution >= 0.6 is 11.3 Å². The lowest BCUT2D eigenvalue weighted by atomic mass is 10.3. The first-order valence-electron chi connectivity index (χ1n) is 11.7. The highest BCUT2D eigenvalue weighted by Crippen LogP contribution is 2.39. The lowest BCUT2D eigenvalue weighted by Gasteiger charge is -2.10. The number of ether oxygens (including phenoxy) is 2. The second-order valence-electron chi connectivity index (χ2n) is 8.56. The van der Waals surface area contributed by atoms with Gasteiger partial charge in [-0.05, 0) is 31.0 Å². The number of methoxy groups -OCH3 is 1. The summed E-state index contributed by atoms with van der Waals surface area (Å²) in [5.74, 6) is 0.805. The summed E-state index contributed by atoms with van der Waals surface area (Å²) in [5.41, 5.74) is 2.15. The van der Waals surface area contributed by atoms with E-state index in [1.165, 1.54) is 23.5 Å². The van der Waals surface area contributed by atoms with Crippen molar-refractivity contribution in [3.63, 3.8) is 0 Å². The van der Waals surface area contributed by atoms with Gasteiger partial charge in [0.1, 0.15) is 11.6 Å². The van der Waals surface area contributed by atoms with Gasteiger partial charge >= 0.3 is 6.03 Å². The van der Waals surface area contributed by atoms with Gasteiger partial charge in [0.25, 0.3) is 0 Å². The Balaban J connectivity index is 1.32. The van der Waals surface area contributed by atoms with E-state index < -0.39 is 5.82 Å². The summed E-state index contributed by atoms with van der Waals surface area (Å²) in [6, 6.07) is 7.91. The predicted octanol–water partition coefficient (Wildman–Crippen LogP) is 4.65. The van der Waals surface area contributed by atoms with Crippen LogP contribution in [0.1, 0.15) is 18.5 Å². The maximum absolute atomic E-state index is 14.8. The van der Waals surface area contributed by atoms with Gasteiger partial charge in [-0.3, -0.25) is 4.98 Å². The van der Waals surface area contributed by atoms with E-state index in [4.69, 9.17) is 9.47 Å². The van der Waals surface area contributed by atoms with Crippen molar-refractivity contribution < 1.29 is 18.7 Å². The lowest BCUT2D eigenvalue weighted by Crippen LogP contribution is -2.30. The Morgan fingerprint density at radius 2 is 2.08 bits per heavy atom. The summed E-state index contributed by atoms with van der Waals surface area (Å²) in [7, 11) is 3.65. The molecule has 0 atom stereocenters. The van der Waals surface area contributed by atoms with Gasteiger partial charge in [0.05, 0.1) is 33.6 Å². The number of fused-ring (bicyclic) bond motifs is 1. The molecular weight excluding hydrogens is 483 g/mol. The van der Waals surface area contributed by atoms with Crippen LogP contribution in [-0.4, -0.2) is 46.9 Å². The third-order valence-electron chi connectivity index (χ3n) is 5.79. The lowest BCUT2D eigenvalue weighted by molar-refractivity contribution is 0.199. The van der Waals surface area contributed by atoms with E-state index in [0.29, 0.717) is 24.6 Å². The van der Waals surface area contributed by atoms with Crippen molar-refractivity contribution in [3.8, 4) is 22.2 Å². The third-order valence-corrected chi connectivity index (χ3v) is 6.93. The van der Waals surface area contributed by atoms with Gasteiger partial charge in [-0.1, -0.05) is 0 Å². The number of hydrogen-bond donors (Lipinski definition) is 3. The average molecular weight is 511 g/mol. The summed E-state index contributed by atoms with van der Waals surface area (Å²) < 4.78 is 28.6. The number of hydrogen-bond acceptors (Lipinski definition) is 7. The second kappa shape index (κ2) is 10.6. The Morgan fingerprint density at radius 3 is 2.86 bits per heavy atom. The van der Waals surface area contributed by atoms with E-state index in [9.17, 15) is 9.18 Å². The number of aromatic nitrogens is 3. The number of carbonyl (C=O) groups is 1. The van der Waals surface area contributed by atoms with Crippen LogP contribution < -0.4 is 20.7 Å². The summed E-state index contributed by atoms with van der Waals surface area (Å²) in [5, 5.41) is 8.78. The molecule has 9 nitrogen and oxygen atoms in total. The number of pyridine rings is 1. The number of nitrogens with zero attached hydrogens (tertiary/aromatic N) is 3. The molecule has 0 unspecified atom stereocenters. The SMILES string of the molecule is COCCNCc1cnc(-c2cc3nccc(Oc4ccc(NC(=O)NC5CC5)cc4F)c3s2)n1C. The molecule has 0 radical (unpaired) electrons. The van der Waals surface area contributed by atoms with Crippen molar-refractivity contribution in [2.75, 3.05) is 25.6 Å². The van der Waals surface area contributed by atoms with Crippen molar-refractivity contribution in [1.82, 2.24) is 25.2 Å². The van der Waals surface area contributed by atoms with Crippen LogP contribution in [0, 0.1) is 5.82 Å². The Hall–Kier alpha value is -3.54. The average Bonchev–Trinajstić information content (AvgIpc) is 3.43. The molecule has 1 aliphatic rings. The molecule has 1 aliphatic carbocycles. The maximum atomic E-state index is 14.8. The topological polar surface area (TPSA) is 102 Å². The monoisotopic (exact) mass is 510 g/mol. The first-order chi connectivity index (χ1) is 17.5. The molecule has 0 aliphatic heterocycles. The predicted molar refractivity (Wildman–Crippen MR) is 137 cm³/mol. The molecule has 188 valence electrons. The van der Waals surface area contributed by atoms with E-state index in [1.54, 1.807) is 25.4 Å². The highest BCUT2D eigenvalue weighted by molar-refractivity contribution is 7.22. The quantitative estimate of drug-likeness (QED) is 0.269. The number of nitrogens with one attached hydrogen (secondary N) is 3. The summed E-state index contributed by atoms with van der Waals surface area (Å²) >= 11 is 1.49. The van der Waals surface area contributed by atoms with E-state index >= 15 is 0 Å². The number of thiophene rings is 1. The first-order valence-corrected chi connectivity index (χ1v) is 12.5. The van der Waals surface area contributed by atoms with E-state index in [2.05, 4.69) is 25.9 Å². The first kappa shape index (κ1) is 24.2. The molecule has 1 fully saturated rings. The number of amides is 2. The third kappa shape index (κ3) is 5.48. The molecule has 0 bridgehead atoms. The number of halogens is 1. The van der Waals surface area contributed by atoms with Crippen LogP contribution in [0.5, 0.6) is 11.5 Å². The van der Waals surface area contributed by atoms with Gasteiger partial charge in [-0.15, -0.1) is 11.3 Å². The number of carbonyl (C=O) groups excluding carboxylic acids is 1. The zero-order valence-corrected chi connectivity index (χ0v) is 20.8. The highest BCUT2D eigenvalue weighted by Gasteiger charge is 2.23. The van der Waals surface area contributed by atoms with Crippen LogP contribution in [0.3, 0.4) is 0 Å². The molecule has 36 heavy (non-hydrogen) atoms. The fourth-order valence-electron chi connectivity index (χ4n) is 3.69. The number of urea groups is 1. The van der Waals surface area contributed by atoms with Gasteiger partial charge in [0, 0.05) is 57.3 Å². The van der Waals surface area contributed by atoms with Crippen LogP contribution in [0.4, 0.5) is 14.9 Å². The fourth-order valence-corrected chi connectivity index (χ4v) is 4.79. The Kier molecular flexibility index (Phi) is 7.12. The molecule has 3 N–H and O–H groups in total. The molecule has 0 saturated heterocycles. The van der Waals surface area contributed by atoms with Crippen molar-refractivity contribution >= 4 is 33.3 Å². The van der Waals surface area contributed by atoms with Gasteiger partial charge in [0.15, 0.2) is 11.6 Å². The fraction of sp³-hybridized carbons (Fsp3) is 0.320. The van der Waals surface area contributed by atoms with E-state index in [0.717, 1.165) is 46.0 Å². The van der Waals surface area contributed by atoms with Crippen molar-refractivity contribution in [1.29, 1.82) is 0 Å². The normalized spacial score (nSPS) is 13.2. The minimum absolute atomic E-state index is 0.0620. The van der Waals surface area contributed by atoms with Crippen molar-refractivity contribution in [3.05, 3.63) is 54.2 Å². The number of rotatable bonds is 10. The molecular formula is C25H27FN6O3S. The maximum Gasteiger partial charge on any atom is 0.319 e. The van der Waals surface area contributed by atoms with E-state index in [-0.39, 0.29) is 17.8 Å². The summed E-state index contributed by atoms with van der Waals surface area (Å²) in [6.07, 6.45) is 5.44. The largest absolute Gasteiger partial charge is 0.453 e. The van der Waals surface area contributed by atoms with E-state index in [1.807, 2.05) is 23.9 Å². The molecule has 1 saturated carbocycles. The number of benzene rings is 1. The second-order valence-corrected chi connectivity index (χ2v) is 9.61. The molecule has 2 amide bonds. The summed E-state index contributed by atoms with van der Waals surface area (Å²) in [4.78, 5) is 21.9. The minimum atomic E-state index is -0.573. The number of anilines is 1. The van der Waals surface area contributed by atoms with Gasteiger partial charge < -0.3 is 30.0 Å². The molecule has 3 aromatic heterocycles. The van der Waals surface area contributed by atoms with Gasteiger partial charge in [0.2, 0.25) is 0 Å². The van der Waals surface area contributed by atoms with Crippen LogP contribution in [0.25, 0.3) is 20.9 Å². The van der Waals surface area contributed by atoms with Gasteiger partial charge in [-0.2, -0.15) is 0 Å². The highest BCUT2D eigenvalue weighted by atomic mass is 32.1. The van der Waals surface area contributed by atoms with Gasteiger partial charge in [-0.25, -0.2) is 14.2 Å². The summed E-state index contributed by atoms with van der Waals surface area (Å²) in [6.45, 7) is 2.08. The zero-order chi connectivity index (χ0) is 25.1. The molecule has 1 aromatic carbocycles. The minimum Gasteiger partial charge on any atom is -0.453 e. The Morgan fingerprint density at radius 1 is 1.22 bits per heavy atom. The standard InChI is InChI=1S/C25H27FN6O3S/c1-32-17(13-27-9-10-34-2)14-29-24(32)22-12-19-23(36-22)21(7-8-28-19)35-20-6-5-16(11-18(20)26)31-25(33)30-15-3-4-15/h5-8,11-12,14-15,27H,3-4,9-10,13H2,1-2H3,(H2,30,31,33). The molecule has 11 heteroatoms. The molecule has 0 spiro atoms.